The lowest BCUT2D eigenvalue weighted by Gasteiger charge is -2.13. The van der Waals surface area contributed by atoms with Crippen LogP contribution in [0.5, 0.6) is 11.5 Å². The highest BCUT2D eigenvalue weighted by Gasteiger charge is 2.11. The number of anilines is 1. The Kier molecular flexibility index (Phi) is 7.69. The van der Waals surface area contributed by atoms with Gasteiger partial charge in [0, 0.05) is 0 Å². The average Bonchev–Trinajstić information content (AvgIpc) is 2.58. The normalized spacial score (nSPS) is 10.9. The molecule has 0 heterocycles. The molecule has 0 bridgehead atoms. The van der Waals surface area contributed by atoms with Crippen molar-refractivity contribution in [2.45, 2.75) is 20.3 Å². The third-order valence-electron chi connectivity index (χ3n) is 3.11. The number of benzene rings is 2. The largest absolute Gasteiger partial charge is 0.490 e. The van der Waals surface area contributed by atoms with E-state index in [0.29, 0.717) is 39.8 Å². The lowest BCUT2D eigenvalue weighted by atomic mass is 10.2. The third kappa shape index (κ3) is 5.70. The first-order valence-corrected chi connectivity index (χ1v) is 9.01. The fourth-order valence-electron chi connectivity index (χ4n) is 2.02. The molecule has 25 heavy (non-hydrogen) atoms. The van der Waals surface area contributed by atoms with Crippen LogP contribution in [-0.2, 0) is 0 Å². The van der Waals surface area contributed by atoms with Crippen molar-refractivity contribution in [3.63, 3.8) is 0 Å². The van der Waals surface area contributed by atoms with Gasteiger partial charge in [-0.3, -0.25) is 5.43 Å². The van der Waals surface area contributed by atoms with Gasteiger partial charge >= 0.3 is 0 Å². The second-order valence-corrected chi connectivity index (χ2v) is 6.33. The summed E-state index contributed by atoms with van der Waals surface area (Å²) < 4.78 is 11.3. The van der Waals surface area contributed by atoms with Crippen molar-refractivity contribution in [2.75, 3.05) is 18.6 Å². The Hall–Kier alpha value is -1.62. The van der Waals surface area contributed by atoms with Crippen LogP contribution >= 0.6 is 34.8 Å². The van der Waals surface area contributed by atoms with Gasteiger partial charge in [-0.2, -0.15) is 5.10 Å². The van der Waals surface area contributed by atoms with E-state index in [-0.39, 0.29) is 0 Å². The summed E-state index contributed by atoms with van der Waals surface area (Å²) in [5.41, 5.74) is 4.40. The van der Waals surface area contributed by atoms with Crippen molar-refractivity contribution in [3.05, 3.63) is 51.0 Å². The lowest BCUT2D eigenvalue weighted by Crippen LogP contribution is -2.02. The Bertz CT molecular complexity index is 751. The van der Waals surface area contributed by atoms with Crippen molar-refractivity contribution < 1.29 is 9.47 Å². The molecule has 2 rings (SSSR count). The van der Waals surface area contributed by atoms with E-state index in [9.17, 15) is 0 Å². The fourth-order valence-corrected chi connectivity index (χ4v) is 2.59. The predicted molar refractivity (Wildman–Crippen MR) is 106 cm³/mol. The Morgan fingerprint density at radius 3 is 2.48 bits per heavy atom. The molecule has 1 N–H and O–H groups in total. The minimum absolute atomic E-state index is 0.459. The van der Waals surface area contributed by atoms with E-state index >= 15 is 0 Å². The predicted octanol–water partition coefficient (Wildman–Crippen LogP) is 6.28. The van der Waals surface area contributed by atoms with Gasteiger partial charge in [-0.15, -0.1) is 0 Å². The van der Waals surface area contributed by atoms with Gasteiger partial charge < -0.3 is 9.47 Å². The van der Waals surface area contributed by atoms with Crippen LogP contribution in [0.15, 0.2) is 35.4 Å². The molecular formula is C18H19Cl3N2O2. The minimum Gasteiger partial charge on any atom is -0.490 e. The molecule has 0 aliphatic heterocycles. The van der Waals surface area contributed by atoms with Gasteiger partial charge in [-0.25, -0.2) is 0 Å². The van der Waals surface area contributed by atoms with Gasteiger partial charge in [0.15, 0.2) is 11.5 Å². The summed E-state index contributed by atoms with van der Waals surface area (Å²) >= 11 is 18.2. The summed E-state index contributed by atoms with van der Waals surface area (Å²) in [6, 6.07) is 8.79. The first kappa shape index (κ1) is 19.7. The zero-order valence-electron chi connectivity index (χ0n) is 14.0. The monoisotopic (exact) mass is 400 g/mol. The highest BCUT2D eigenvalue weighted by molar-refractivity contribution is 6.42. The topological polar surface area (TPSA) is 42.8 Å². The molecule has 2 aromatic carbocycles. The molecule has 0 radical (unpaired) electrons. The smallest absolute Gasteiger partial charge is 0.179 e. The van der Waals surface area contributed by atoms with Gasteiger partial charge in [-0.05, 0) is 49.2 Å². The first-order chi connectivity index (χ1) is 12.0. The maximum Gasteiger partial charge on any atom is 0.179 e. The molecule has 0 aromatic heterocycles. The molecule has 0 amide bonds. The molecule has 0 unspecified atom stereocenters. The molecule has 0 fully saturated rings. The standard InChI is InChI=1S/C18H19Cl3N2O2/c1-3-7-25-18-16(21)8-12(9-17(18)24-4-2)11-22-23-13-5-6-14(19)15(20)10-13/h5-6,8-11,23H,3-4,7H2,1-2H3. The van der Waals surface area contributed by atoms with Gasteiger partial charge in [0.1, 0.15) is 0 Å². The zero-order chi connectivity index (χ0) is 18.2. The van der Waals surface area contributed by atoms with Crippen molar-refractivity contribution in [1.82, 2.24) is 0 Å². The van der Waals surface area contributed by atoms with Gasteiger partial charge in [0.05, 0.1) is 40.2 Å². The zero-order valence-corrected chi connectivity index (χ0v) is 16.3. The number of ether oxygens (including phenoxy) is 2. The molecular weight excluding hydrogens is 383 g/mol. The van der Waals surface area contributed by atoms with Crippen LogP contribution < -0.4 is 14.9 Å². The van der Waals surface area contributed by atoms with Crippen molar-refractivity contribution in [3.8, 4) is 11.5 Å². The molecule has 7 heteroatoms. The fraction of sp³-hybridized carbons (Fsp3) is 0.278. The van der Waals surface area contributed by atoms with E-state index in [1.807, 2.05) is 19.9 Å². The summed E-state index contributed by atoms with van der Waals surface area (Å²) in [6.07, 6.45) is 2.53. The van der Waals surface area contributed by atoms with E-state index < -0.39 is 0 Å². The lowest BCUT2D eigenvalue weighted by molar-refractivity contribution is 0.277. The Balaban J connectivity index is 2.16. The number of hydrazone groups is 1. The summed E-state index contributed by atoms with van der Waals surface area (Å²) in [4.78, 5) is 0. The van der Waals surface area contributed by atoms with Crippen LogP contribution in [0.2, 0.25) is 15.1 Å². The molecule has 0 saturated heterocycles. The Morgan fingerprint density at radius 1 is 1.00 bits per heavy atom. The number of nitrogens with zero attached hydrogens (tertiary/aromatic N) is 1. The molecule has 4 nitrogen and oxygen atoms in total. The summed E-state index contributed by atoms with van der Waals surface area (Å²) in [5.74, 6) is 1.15. The van der Waals surface area contributed by atoms with Crippen LogP contribution in [0.3, 0.4) is 0 Å². The first-order valence-electron chi connectivity index (χ1n) is 7.88. The van der Waals surface area contributed by atoms with Crippen LogP contribution in [0, 0.1) is 0 Å². The SMILES string of the molecule is CCCOc1c(Cl)cc(C=NNc2ccc(Cl)c(Cl)c2)cc1OCC. The second kappa shape index (κ2) is 9.76. The molecule has 2 aromatic rings. The number of hydrogen-bond donors (Lipinski definition) is 1. The van der Waals surface area contributed by atoms with E-state index in [1.165, 1.54) is 0 Å². The maximum absolute atomic E-state index is 6.32. The second-order valence-electron chi connectivity index (χ2n) is 5.11. The van der Waals surface area contributed by atoms with Crippen molar-refractivity contribution in [2.24, 2.45) is 5.10 Å². The highest BCUT2D eigenvalue weighted by Crippen LogP contribution is 2.36. The molecule has 0 spiro atoms. The summed E-state index contributed by atoms with van der Waals surface area (Å²) in [5, 5.41) is 5.62. The Labute approximate surface area is 162 Å². The van der Waals surface area contributed by atoms with E-state index in [4.69, 9.17) is 44.3 Å². The number of nitrogens with one attached hydrogen (secondary N) is 1. The van der Waals surface area contributed by atoms with E-state index in [0.717, 1.165) is 17.7 Å². The quantitative estimate of drug-likeness (QED) is 0.418. The van der Waals surface area contributed by atoms with Crippen LogP contribution in [0.4, 0.5) is 5.69 Å². The molecule has 0 saturated carbocycles. The number of rotatable bonds is 8. The van der Waals surface area contributed by atoms with Crippen molar-refractivity contribution >= 4 is 46.7 Å². The summed E-state index contributed by atoms with van der Waals surface area (Å²) in [6.45, 7) is 5.03. The third-order valence-corrected chi connectivity index (χ3v) is 4.13. The van der Waals surface area contributed by atoms with Gasteiger partial charge in [0.2, 0.25) is 0 Å². The number of halogens is 3. The van der Waals surface area contributed by atoms with E-state index in [2.05, 4.69) is 10.5 Å². The van der Waals surface area contributed by atoms with Crippen LogP contribution in [0.1, 0.15) is 25.8 Å². The highest BCUT2D eigenvalue weighted by atomic mass is 35.5. The molecule has 134 valence electrons. The average molecular weight is 402 g/mol. The van der Waals surface area contributed by atoms with Gasteiger partial charge in [0.25, 0.3) is 0 Å². The Morgan fingerprint density at radius 2 is 1.80 bits per heavy atom. The molecule has 0 aliphatic carbocycles. The maximum atomic E-state index is 6.32. The van der Waals surface area contributed by atoms with Crippen molar-refractivity contribution in [1.29, 1.82) is 0 Å². The number of hydrogen-bond acceptors (Lipinski definition) is 4. The van der Waals surface area contributed by atoms with E-state index in [1.54, 1.807) is 30.5 Å². The van der Waals surface area contributed by atoms with Gasteiger partial charge in [-0.1, -0.05) is 41.7 Å². The summed E-state index contributed by atoms with van der Waals surface area (Å²) in [7, 11) is 0. The molecule has 0 atom stereocenters. The molecule has 0 aliphatic rings. The van der Waals surface area contributed by atoms with Crippen LogP contribution in [-0.4, -0.2) is 19.4 Å². The van der Waals surface area contributed by atoms with Crippen LogP contribution in [0.25, 0.3) is 0 Å². The minimum atomic E-state index is 0.459.